The van der Waals surface area contributed by atoms with Crippen molar-refractivity contribution in [2.24, 2.45) is 0 Å². The number of likely N-dealkylation sites (tertiary alicyclic amines) is 1. The number of carbonyl (C=O) groups excluding carboxylic acids is 1. The number of nitrogens with one attached hydrogen (secondary N) is 1. The number of hydrogen-bond donors (Lipinski definition) is 1. The number of urea groups is 1. The molecule has 2 amide bonds. The lowest BCUT2D eigenvalue weighted by atomic mass is 10.0. The van der Waals surface area contributed by atoms with Crippen LogP contribution < -0.4 is 5.32 Å². The fourth-order valence-electron chi connectivity index (χ4n) is 4.12. The van der Waals surface area contributed by atoms with Gasteiger partial charge in [0.05, 0.1) is 6.04 Å². The van der Waals surface area contributed by atoms with E-state index in [0.717, 1.165) is 37.3 Å². The lowest BCUT2D eigenvalue weighted by Gasteiger charge is -2.25. The van der Waals surface area contributed by atoms with Gasteiger partial charge in [0.25, 0.3) is 0 Å². The summed E-state index contributed by atoms with van der Waals surface area (Å²) in [5.74, 6) is 1.000. The second-order valence-electron chi connectivity index (χ2n) is 7.85. The maximum Gasteiger partial charge on any atom is 0.318 e. The summed E-state index contributed by atoms with van der Waals surface area (Å²) in [6.07, 6.45) is 5.88. The van der Waals surface area contributed by atoms with E-state index in [0.29, 0.717) is 6.54 Å². The van der Waals surface area contributed by atoms with Crippen molar-refractivity contribution in [3.63, 3.8) is 0 Å². The van der Waals surface area contributed by atoms with E-state index in [-0.39, 0.29) is 12.1 Å². The number of aromatic nitrogens is 2. The van der Waals surface area contributed by atoms with E-state index in [4.69, 9.17) is 0 Å². The third-order valence-corrected chi connectivity index (χ3v) is 5.65. The molecule has 4 rings (SSSR count). The molecule has 2 heterocycles. The van der Waals surface area contributed by atoms with Gasteiger partial charge in [-0.2, -0.15) is 0 Å². The summed E-state index contributed by atoms with van der Waals surface area (Å²) in [5, 5.41) is 3.12. The standard InChI is InChI=1S/C24H28N4O/c1-18-6-3-9-22(14-18)23-10-5-12-28(23)24(29)26-16-20-7-4-8-21(15-20)17-27-13-11-25-19(27)2/h3-4,6-9,11,13-15,23H,5,10,12,16-17H2,1-2H3,(H,26,29). The van der Waals surface area contributed by atoms with Crippen LogP contribution in [0.1, 0.15) is 47.0 Å². The number of amides is 2. The Balaban J connectivity index is 1.39. The minimum atomic E-state index is 0.0184. The second kappa shape index (κ2) is 8.52. The molecule has 0 spiro atoms. The molecule has 3 aromatic rings. The highest BCUT2D eigenvalue weighted by molar-refractivity contribution is 5.75. The van der Waals surface area contributed by atoms with E-state index in [9.17, 15) is 4.79 Å². The molecule has 1 saturated heterocycles. The quantitative estimate of drug-likeness (QED) is 0.695. The highest BCUT2D eigenvalue weighted by Gasteiger charge is 2.29. The van der Waals surface area contributed by atoms with Gasteiger partial charge < -0.3 is 14.8 Å². The van der Waals surface area contributed by atoms with E-state index in [1.54, 1.807) is 0 Å². The fraction of sp³-hybridized carbons (Fsp3) is 0.333. The summed E-state index contributed by atoms with van der Waals surface area (Å²) in [6, 6.07) is 17.1. The SMILES string of the molecule is Cc1cccc(C2CCCN2C(=O)NCc2cccc(Cn3ccnc3C)c2)c1. The molecule has 1 N–H and O–H groups in total. The topological polar surface area (TPSA) is 50.2 Å². The summed E-state index contributed by atoms with van der Waals surface area (Å²) >= 11 is 0. The molecular formula is C24H28N4O. The first-order valence-electron chi connectivity index (χ1n) is 10.3. The first-order chi connectivity index (χ1) is 14.1. The lowest BCUT2D eigenvalue weighted by Crippen LogP contribution is -2.39. The second-order valence-corrected chi connectivity index (χ2v) is 7.85. The van der Waals surface area contributed by atoms with Crippen molar-refractivity contribution in [1.29, 1.82) is 0 Å². The van der Waals surface area contributed by atoms with Crippen LogP contribution in [0.3, 0.4) is 0 Å². The van der Waals surface area contributed by atoms with Gasteiger partial charge in [-0.3, -0.25) is 0 Å². The first-order valence-corrected chi connectivity index (χ1v) is 10.3. The molecule has 0 aliphatic carbocycles. The van der Waals surface area contributed by atoms with Gasteiger partial charge in [0, 0.05) is 32.0 Å². The third kappa shape index (κ3) is 4.50. The van der Waals surface area contributed by atoms with Gasteiger partial charge in [0.15, 0.2) is 0 Å². The summed E-state index contributed by atoms with van der Waals surface area (Å²) in [5.41, 5.74) is 4.78. The molecule has 2 aromatic carbocycles. The van der Waals surface area contributed by atoms with Gasteiger partial charge in [-0.15, -0.1) is 0 Å². The Hall–Kier alpha value is -3.08. The molecule has 5 nitrogen and oxygen atoms in total. The van der Waals surface area contributed by atoms with Crippen molar-refractivity contribution in [2.45, 2.75) is 45.8 Å². The number of imidazole rings is 1. The van der Waals surface area contributed by atoms with Crippen molar-refractivity contribution in [1.82, 2.24) is 19.8 Å². The zero-order valence-corrected chi connectivity index (χ0v) is 17.1. The molecule has 1 unspecified atom stereocenters. The van der Waals surface area contributed by atoms with Crippen LogP contribution in [0.4, 0.5) is 4.79 Å². The van der Waals surface area contributed by atoms with Crippen LogP contribution in [0, 0.1) is 13.8 Å². The summed E-state index contributed by atoms with van der Waals surface area (Å²) in [4.78, 5) is 19.1. The van der Waals surface area contributed by atoms with Gasteiger partial charge in [0.2, 0.25) is 0 Å². The zero-order chi connectivity index (χ0) is 20.2. The van der Waals surface area contributed by atoms with Crippen LogP contribution in [-0.4, -0.2) is 27.0 Å². The molecule has 0 radical (unpaired) electrons. The minimum Gasteiger partial charge on any atom is -0.334 e. The van der Waals surface area contributed by atoms with Crippen molar-refractivity contribution in [2.75, 3.05) is 6.54 Å². The number of nitrogens with zero attached hydrogens (tertiary/aromatic N) is 3. The predicted octanol–water partition coefficient (Wildman–Crippen LogP) is 4.59. The Morgan fingerprint density at radius 1 is 1.14 bits per heavy atom. The number of aryl methyl sites for hydroxylation is 2. The molecule has 5 heteroatoms. The van der Waals surface area contributed by atoms with E-state index < -0.39 is 0 Å². The minimum absolute atomic E-state index is 0.0184. The van der Waals surface area contributed by atoms with Crippen LogP contribution >= 0.6 is 0 Å². The average molecular weight is 389 g/mol. The van der Waals surface area contributed by atoms with Gasteiger partial charge in [-0.25, -0.2) is 9.78 Å². The first kappa shape index (κ1) is 19.2. The highest BCUT2D eigenvalue weighted by atomic mass is 16.2. The average Bonchev–Trinajstić information content (AvgIpc) is 3.36. The van der Waals surface area contributed by atoms with Crippen molar-refractivity contribution < 1.29 is 4.79 Å². The Morgan fingerprint density at radius 3 is 2.76 bits per heavy atom. The third-order valence-electron chi connectivity index (χ3n) is 5.65. The van der Waals surface area contributed by atoms with Gasteiger partial charge in [-0.05, 0) is 43.4 Å². The van der Waals surface area contributed by atoms with Crippen LogP contribution in [0.15, 0.2) is 60.9 Å². The van der Waals surface area contributed by atoms with Gasteiger partial charge in [0.1, 0.15) is 5.82 Å². The maximum absolute atomic E-state index is 12.9. The largest absolute Gasteiger partial charge is 0.334 e. The zero-order valence-electron chi connectivity index (χ0n) is 17.1. The molecule has 1 fully saturated rings. The van der Waals surface area contributed by atoms with Crippen molar-refractivity contribution in [3.05, 3.63) is 89.0 Å². The number of carbonyl (C=O) groups is 1. The van der Waals surface area contributed by atoms with Crippen LogP contribution in [0.2, 0.25) is 0 Å². The summed E-state index contributed by atoms with van der Waals surface area (Å²) in [6.45, 7) is 6.23. The normalized spacial score (nSPS) is 16.2. The number of benzene rings is 2. The Morgan fingerprint density at radius 2 is 1.97 bits per heavy atom. The molecule has 1 aromatic heterocycles. The Bertz CT molecular complexity index is 994. The van der Waals surface area contributed by atoms with Gasteiger partial charge >= 0.3 is 6.03 Å². The lowest BCUT2D eigenvalue weighted by molar-refractivity contribution is 0.192. The molecular weight excluding hydrogens is 360 g/mol. The molecule has 29 heavy (non-hydrogen) atoms. The molecule has 0 saturated carbocycles. The molecule has 1 atom stereocenters. The highest BCUT2D eigenvalue weighted by Crippen LogP contribution is 2.32. The Kier molecular flexibility index (Phi) is 5.65. The van der Waals surface area contributed by atoms with E-state index >= 15 is 0 Å². The smallest absolute Gasteiger partial charge is 0.318 e. The molecule has 1 aliphatic rings. The van der Waals surface area contributed by atoms with Crippen LogP contribution in [-0.2, 0) is 13.1 Å². The predicted molar refractivity (Wildman–Crippen MR) is 115 cm³/mol. The van der Waals surface area contributed by atoms with E-state index in [1.807, 2.05) is 24.2 Å². The number of rotatable bonds is 5. The molecule has 0 bridgehead atoms. The molecule has 150 valence electrons. The van der Waals surface area contributed by atoms with Crippen molar-refractivity contribution >= 4 is 6.03 Å². The van der Waals surface area contributed by atoms with E-state index in [1.165, 1.54) is 16.7 Å². The maximum atomic E-state index is 12.9. The monoisotopic (exact) mass is 388 g/mol. The summed E-state index contributed by atoms with van der Waals surface area (Å²) in [7, 11) is 0. The van der Waals surface area contributed by atoms with Crippen LogP contribution in [0.5, 0.6) is 0 Å². The fourth-order valence-corrected chi connectivity index (χ4v) is 4.12. The van der Waals surface area contributed by atoms with Crippen LogP contribution in [0.25, 0.3) is 0 Å². The van der Waals surface area contributed by atoms with Crippen molar-refractivity contribution in [3.8, 4) is 0 Å². The Labute approximate surface area is 172 Å². The molecule has 1 aliphatic heterocycles. The van der Waals surface area contributed by atoms with E-state index in [2.05, 4.69) is 70.3 Å². The number of hydrogen-bond acceptors (Lipinski definition) is 2. The summed E-state index contributed by atoms with van der Waals surface area (Å²) < 4.78 is 2.12. The van der Waals surface area contributed by atoms with Gasteiger partial charge in [-0.1, -0.05) is 54.1 Å².